The molecule has 0 N–H and O–H groups in total. The van der Waals surface area contributed by atoms with Gasteiger partial charge in [-0.3, -0.25) is 0 Å². The van der Waals surface area contributed by atoms with E-state index in [1.807, 2.05) is 0 Å². The average molecular weight is 561 g/mol. The van der Waals surface area contributed by atoms with Crippen LogP contribution in [0.1, 0.15) is 156 Å². The first-order valence-electron chi connectivity index (χ1n) is 16.3. The van der Waals surface area contributed by atoms with E-state index in [-0.39, 0.29) is 0 Å². The number of rotatable bonds is 17. The Morgan fingerprint density at radius 1 is 0.500 bits per heavy atom. The Bertz CT molecular complexity index is 487. The van der Waals surface area contributed by atoms with Crippen LogP contribution in [0.2, 0.25) is 16.6 Å². The molecular weight excluding hydrogens is 500 g/mol. The van der Waals surface area contributed by atoms with Gasteiger partial charge >= 0.3 is 231 Å². The zero-order valence-corrected chi connectivity index (χ0v) is 26.9. The fraction of sp³-hybridized carbons (Fsp3) is 1.00. The molecule has 0 aliphatic heterocycles. The van der Waals surface area contributed by atoms with E-state index in [2.05, 4.69) is 20.8 Å². The second kappa shape index (κ2) is 17.5. The third-order valence-electron chi connectivity index (χ3n) is 9.36. The molecule has 3 aliphatic rings. The van der Waals surface area contributed by atoms with Gasteiger partial charge in [-0.25, -0.2) is 0 Å². The van der Waals surface area contributed by atoms with E-state index in [0.717, 1.165) is 75.0 Å². The summed E-state index contributed by atoms with van der Waals surface area (Å²) in [5, 5.41) is 0. The normalized spacial score (nSPS) is 21.8. The summed E-state index contributed by atoms with van der Waals surface area (Å²) in [6, 6.07) is 0. The van der Waals surface area contributed by atoms with Crippen molar-refractivity contribution in [2.24, 2.45) is 0 Å². The summed E-state index contributed by atoms with van der Waals surface area (Å²) in [6.45, 7) is 8.96. The van der Waals surface area contributed by atoms with Crippen molar-refractivity contribution < 1.29 is 31.1 Å². The molecule has 0 saturated heterocycles. The Morgan fingerprint density at radius 3 is 1.08 bits per heavy atom. The van der Waals surface area contributed by atoms with Crippen molar-refractivity contribution in [3.8, 4) is 0 Å². The predicted molar refractivity (Wildman–Crippen MR) is 150 cm³/mol. The molecule has 36 heavy (non-hydrogen) atoms. The Balaban J connectivity index is 2.02. The fourth-order valence-corrected chi connectivity index (χ4v) is 21.8. The van der Waals surface area contributed by atoms with Gasteiger partial charge < -0.3 is 0 Å². The van der Waals surface area contributed by atoms with Crippen molar-refractivity contribution in [1.82, 2.24) is 0 Å². The van der Waals surface area contributed by atoms with Gasteiger partial charge in [-0.1, -0.05) is 0 Å². The molecule has 3 saturated carbocycles. The maximum absolute atomic E-state index is 7.94. The SMILES string of the molecule is CCCC[O][Ti]([O]CCCC)([O]CCCC)[O][Si](C1CCCCC1)(C1CCCCC1)C1CCCCC1. The Hall–Kier alpha value is 0.771. The summed E-state index contributed by atoms with van der Waals surface area (Å²) in [5.74, 6) is 0. The van der Waals surface area contributed by atoms with Crippen LogP contribution in [0.5, 0.6) is 0 Å². The number of hydrogen-bond donors (Lipinski definition) is 0. The molecule has 0 bridgehead atoms. The summed E-state index contributed by atoms with van der Waals surface area (Å²) in [5.41, 5.74) is 2.34. The van der Waals surface area contributed by atoms with Gasteiger partial charge in [0.05, 0.1) is 0 Å². The van der Waals surface area contributed by atoms with Crippen molar-refractivity contribution in [1.29, 1.82) is 0 Å². The van der Waals surface area contributed by atoms with Crippen LogP contribution in [0.3, 0.4) is 0 Å². The molecule has 0 atom stereocenters. The second-order valence-electron chi connectivity index (χ2n) is 12.1. The topological polar surface area (TPSA) is 36.9 Å². The third-order valence-corrected chi connectivity index (χ3v) is 21.0. The predicted octanol–water partition coefficient (Wildman–Crippen LogP) is 10.2. The van der Waals surface area contributed by atoms with E-state index >= 15 is 0 Å². The molecule has 4 nitrogen and oxygen atoms in total. The van der Waals surface area contributed by atoms with Gasteiger partial charge in [0.15, 0.2) is 0 Å². The van der Waals surface area contributed by atoms with Crippen molar-refractivity contribution in [3.63, 3.8) is 0 Å². The molecule has 0 aromatic rings. The molecule has 0 aromatic heterocycles. The van der Waals surface area contributed by atoms with E-state index < -0.39 is 26.5 Å². The van der Waals surface area contributed by atoms with Gasteiger partial charge in [0.2, 0.25) is 0 Å². The van der Waals surface area contributed by atoms with Gasteiger partial charge in [0, 0.05) is 0 Å². The zero-order chi connectivity index (χ0) is 25.5. The van der Waals surface area contributed by atoms with Gasteiger partial charge in [-0.2, -0.15) is 0 Å². The molecule has 212 valence electrons. The van der Waals surface area contributed by atoms with Crippen LogP contribution in [0.25, 0.3) is 0 Å². The number of unbranched alkanes of at least 4 members (excludes halogenated alkanes) is 3. The van der Waals surface area contributed by atoms with Gasteiger partial charge in [-0.15, -0.1) is 0 Å². The Morgan fingerprint density at radius 2 is 0.806 bits per heavy atom. The molecule has 0 amide bonds. The molecule has 3 rings (SSSR count). The molecule has 0 heterocycles. The first kappa shape index (κ1) is 31.3. The van der Waals surface area contributed by atoms with Crippen molar-refractivity contribution in [2.75, 3.05) is 19.8 Å². The zero-order valence-electron chi connectivity index (χ0n) is 24.3. The first-order valence-corrected chi connectivity index (χ1v) is 21.0. The summed E-state index contributed by atoms with van der Waals surface area (Å²) in [6.07, 6.45) is 27.5. The van der Waals surface area contributed by atoms with Crippen molar-refractivity contribution in [2.45, 2.75) is 172 Å². The average Bonchev–Trinajstić information content (AvgIpc) is 2.94. The molecule has 6 heteroatoms. The van der Waals surface area contributed by atoms with Crippen LogP contribution in [0.15, 0.2) is 0 Å². The first-order chi connectivity index (χ1) is 17.7. The Labute approximate surface area is 230 Å². The minimum absolute atomic E-state index is 0.735. The van der Waals surface area contributed by atoms with Crippen molar-refractivity contribution in [3.05, 3.63) is 0 Å². The van der Waals surface area contributed by atoms with Crippen LogP contribution < -0.4 is 0 Å². The molecule has 0 radical (unpaired) electrons. The summed E-state index contributed by atoms with van der Waals surface area (Å²) in [7, 11) is -2.20. The second-order valence-corrected chi connectivity index (χ2v) is 20.3. The number of hydrogen-bond acceptors (Lipinski definition) is 4. The van der Waals surface area contributed by atoms with Gasteiger partial charge in [0.25, 0.3) is 0 Å². The quantitative estimate of drug-likeness (QED) is 0.131. The third kappa shape index (κ3) is 8.89. The summed E-state index contributed by atoms with van der Waals surface area (Å²) >= 11 is -3.91. The molecule has 0 spiro atoms. The molecular formula is C30H60O4SiTi. The summed E-state index contributed by atoms with van der Waals surface area (Å²) in [4.78, 5) is 0. The Kier molecular flexibility index (Phi) is 15.2. The van der Waals surface area contributed by atoms with E-state index in [0.29, 0.717) is 0 Å². The minimum atomic E-state index is -3.91. The molecule has 3 fully saturated rings. The van der Waals surface area contributed by atoms with Crippen LogP contribution in [-0.2, 0) is 31.1 Å². The van der Waals surface area contributed by atoms with Crippen LogP contribution in [-0.4, -0.2) is 28.1 Å². The van der Waals surface area contributed by atoms with Crippen LogP contribution >= 0.6 is 0 Å². The van der Waals surface area contributed by atoms with E-state index in [9.17, 15) is 0 Å². The van der Waals surface area contributed by atoms with Crippen molar-refractivity contribution >= 4 is 8.32 Å². The van der Waals surface area contributed by atoms with Crippen LogP contribution in [0.4, 0.5) is 0 Å². The molecule has 3 aliphatic carbocycles. The molecule has 0 aromatic carbocycles. The maximum atomic E-state index is 7.94. The van der Waals surface area contributed by atoms with Gasteiger partial charge in [0.1, 0.15) is 0 Å². The van der Waals surface area contributed by atoms with Gasteiger partial charge in [-0.05, 0) is 0 Å². The standard InChI is InChI=1S/C18H33OSi.3C4H9O.Ti/c19-20(16-10-4-1-5-11-16,17-12-6-2-7-13-17)18-14-8-3-9-15-18;3*1-2-3-4-5;/h16-18H,1-15H2;3*2-4H2,1H3;/q4*-1;+4. The van der Waals surface area contributed by atoms with Crippen LogP contribution in [0, 0.1) is 0 Å². The summed E-state index contributed by atoms with van der Waals surface area (Å²) < 4.78 is 28.5. The molecule has 0 unspecified atom stereocenters. The van der Waals surface area contributed by atoms with E-state index in [1.165, 1.54) is 96.3 Å². The fourth-order valence-electron chi connectivity index (χ4n) is 7.37. The monoisotopic (exact) mass is 560 g/mol. The van der Waals surface area contributed by atoms with E-state index in [4.69, 9.17) is 13.0 Å². The van der Waals surface area contributed by atoms with E-state index in [1.54, 1.807) is 0 Å².